The van der Waals surface area contributed by atoms with E-state index in [2.05, 4.69) is 4.99 Å². The maximum atomic E-state index is 11.9. The second-order valence-corrected chi connectivity index (χ2v) is 4.80. The summed E-state index contributed by atoms with van der Waals surface area (Å²) in [4.78, 5) is 16.1. The molecule has 3 rings (SSSR count). The molecular formula is C15H10ClNO3. The van der Waals surface area contributed by atoms with Gasteiger partial charge in [-0.2, -0.15) is 0 Å². The molecule has 1 aliphatic heterocycles. The number of aromatic hydroxyl groups is 1. The first-order chi connectivity index (χ1) is 9.63. The van der Waals surface area contributed by atoms with Crippen LogP contribution < -0.4 is 4.74 Å². The van der Waals surface area contributed by atoms with E-state index in [1.807, 2.05) is 12.1 Å². The number of phenolic OH excluding ortho intramolecular Hbond substituents is 1. The molecule has 20 heavy (non-hydrogen) atoms. The molecule has 0 aromatic heterocycles. The lowest BCUT2D eigenvalue weighted by molar-refractivity contribution is -0.127. The van der Waals surface area contributed by atoms with Crippen molar-refractivity contribution in [2.45, 2.75) is 6.42 Å². The molecule has 5 heteroatoms. The van der Waals surface area contributed by atoms with Crippen molar-refractivity contribution in [1.82, 2.24) is 0 Å². The number of carbonyl (C=O) groups excluding carboxylic acids is 1. The van der Waals surface area contributed by atoms with Crippen molar-refractivity contribution in [1.29, 1.82) is 0 Å². The van der Waals surface area contributed by atoms with E-state index in [1.54, 1.807) is 18.2 Å². The van der Waals surface area contributed by atoms with Crippen molar-refractivity contribution < 1.29 is 14.6 Å². The number of hydrogen-bond acceptors (Lipinski definition) is 4. The highest BCUT2D eigenvalue weighted by Crippen LogP contribution is 2.31. The van der Waals surface area contributed by atoms with Crippen molar-refractivity contribution in [3.63, 3.8) is 0 Å². The fourth-order valence-electron chi connectivity index (χ4n) is 1.98. The number of carbonyl (C=O) groups is 1. The molecule has 2 aromatic rings. The van der Waals surface area contributed by atoms with Crippen LogP contribution in [0, 0.1) is 0 Å². The van der Waals surface area contributed by atoms with Crippen LogP contribution in [0.5, 0.6) is 11.5 Å². The van der Waals surface area contributed by atoms with E-state index in [4.69, 9.17) is 16.3 Å². The number of para-hydroxylation sites is 1. The first kappa shape index (κ1) is 12.7. The quantitative estimate of drug-likeness (QED) is 0.647. The zero-order valence-corrected chi connectivity index (χ0v) is 11.1. The molecule has 0 saturated carbocycles. The monoisotopic (exact) mass is 287 g/mol. The zero-order valence-electron chi connectivity index (χ0n) is 10.3. The van der Waals surface area contributed by atoms with Gasteiger partial charge in [-0.05, 0) is 24.3 Å². The molecule has 4 nitrogen and oxygen atoms in total. The standard InChI is InChI=1S/C15H10ClNO3/c16-10-5-6-13(18)11(8-10)17-12-7-9-3-1-2-4-14(9)20-15(12)19/h1-6,8,18H,7H2. The van der Waals surface area contributed by atoms with E-state index in [1.165, 1.54) is 12.1 Å². The van der Waals surface area contributed by atoms with Gasteiger partial charge >= 0.3 is 5.97 Å². The third kappa shape index (κ3) is 2.38. The van der Waals surface area contributed by atoms with Gasteiger partial charge < -0.3 is 9.84 Å². The Labute approximate surface area is 120 Å². The second-order valence-electron chi connectivity index (χ2n) is 4.37. The van der Waals surface area contributed by atoms with E-state index in [9.17, 15) is 9.90 Å². The van der Waals surface area contributed by atoms with Crippen LogP contribution in [-0.2, 0) is 11.2 Å². The lowest BCUT2D eigenvalue weighted by Crippen LogP contribution is -2.27. The van der Waals surface area contributed by atoms with Gasteiger partial charge in [0.15, 0.2) is 0 Å². The summed E-state index contributed by atoms with van der Waals surface area (Å²) in [5, 5.41) is 10.2. The Kier molecular flexibility index (Phi) is 3.16. The van der Waals surface area contributed by atoms with E-state index in [0.717, 1.165) is 5.56 Å². The Morgan fingerprint density at radius 2 is 2.00 bits per heavy atom. The maximum absolute atomic E-state index is 11.9. The van der Waals surface area contributed by atoms with Crippen molar-refractivity contribution in [3.8, 4) is 11.5 Å². The molecule has 0 amide bonds. The highest BCUT2D eigenvalue weighted by atomic mass is 35.5. The number of benzene rings is 2. The smallest absolute Gasteiger partial charge is 0.358 e. The lowest BCUT2D eigenvalue weighted by Gasteiger charge is -2.16. The van der Waals surface area contributed by atoms with Crippen LogP contribution in [0.15, 0.2) is 47.5 Å². The zero-order chi connectivity index (χ0) is 14.1. The Morgan fingerprint density at radius 3 is 2.85 bits per heavy atom. The number of hydrogen-bond donors (Lipinski definition) is 1. The van der Waals surface area contributed by atoms with E-state index in [0.29, 0.717) is 17.2 Å². The van der Waals surface area contributed by atoms with Gasteiger partial charge in [0.05, 0.1) is 0 Å². The average Bonchev–Trinajstić information content (AvgIpc) is 2.43. The summed E-state index contributed by atoms with van der Waals surface area (Å²) < 4.78 is 5.20. The number of phenols is 1. The van der Waals surface area contributed by atoms with Crippen molar-refractivity contribution in [2.24, 2.45) is 4.99 Å². The fourth-order valence-corrected chi connectivity index (χ4v) is 2.14. The molecule has 1 N–H and O–H groups in total. The summed E-state index contributed by atoms with van der Waals surface area (Å²) in [5.74, 6) is 0.00315. The molecule has 0 fully saturated rings. The second kappa shape index (κ2) is 4.98. The minimum atomic E-state index is -0.511. The number of fused-ring (bicyclic) bond motifs is 1. The highest BCUT2D eigenvalue weighted by molar-refractivity contribution is 6.39. The largest absolute Gasteiger partial charge is 0.506 e. The third-order valence-electron chi connectivity index (χ3n) is 2.96. The molecule has 2 aromatic carbocycles. The summed E-state index contributed by atoms with van der Waals surface area (Å²) in [6.45, 7) is 0. The number of nitrogens with zero attached hydrogens (tertiary/aromatic N) is 1. The topological polar surface area (TPSA) is 58.9 Å². The van der Waals surface area contributed by atoms with Crippen LogP contribution >= 0.6 is 11.6 Å². The van der Waals surface area contributed by atoms with Gasteiger partial charge in [0.2, 0.25) is 0 Å². The summed E-state index contributed by atoms with van der Waals surface area (Å²) in [6, 6.07) is 11.8. The Bertz CT molecular complexity index is 725. The number of esters is 1. The Balaban J connectivity index is 2.01. The van der Waals surface area contributed by atoms with Gasteiger partial charge in [-0.3, -0.25) is 0 Å². The molecule has 1 aliphatic rings. The minimum Gasteiger partial charge on any atom is -0.506 e. The van der Waals surface area contributed by atoms with E-state index < -0.39 is 5.97 Å². The lowest BCUT2D eigenvalue weighted by atomic mass is 10.0. The van der Waals surface area contributed by atoms with Crippen molar-refractivity contribution in [2.75, 3.05) is 0 Å². The normalized spacial score (nSPS) is 15.8. The fraction of sp³-hybridized carbons (Fsp3) is 0.0667. The van der Waals surface area contributed by atoms with E-state index in [-0.39, 0.29) is 17.1 Å². The summed E-state index contributed by atoms with van der Waals surface area (Å²) in [6.07, 6.45) is 0.362. The molecule has 0 aliphatic carbocycles. The van der Waals surface area contributed by atoms with Gasteiger partial charge in [-0.25, -0.2) is 9.79 Å². The number of halogens is 1. The van der Waals surface area contributed by atoms with Gasteiger partial charge in [0.1, 0.15) is 22.9 Å². The van der Waals surface area contributed by atoms with E-state index >= 15 is 0 Å². The number of rotatable bonds is 1. The summed E-state index contributed by atoms with van der Waals surface area (Å²) in [5.41, 5.74) is 1.37. The Hall–Kier alpha value is -2.33. The molecule has 0 bridgehead atoms. The van der Waals surface area contributed by atoms with Crippen LogP contribution in [0.25, 0.3) is 0 Å². The maximum Gasteiger partial charge on any atom is 0.358 e. The third-order valence-corrected chi connectivity index (χ3v) is 3.20. The molecular weight excluding hydrogens is 278 g/mol. The number of ether oxygens (including phenoxy) is 1. The summed E-state index contributed by atoms with van der Waals surface area (Å²) >= 11 is 5.86. The van der Waals surface area contributed by atoms with Crippen LogP contribution in [-0.4, -0.2) is 16.8 Å². The van der Waals surface area contributed by atoms with Gasteiger partial charge in [0, 0.05) is 17.0 Å². The van der Waals surface area contributed by atoms with Crippen LogP contribution in [0.3, 0.4) is 0 Å². The first-order valence-corrected chi connectivity index (χ1v) is 6.37. The molecule has 100 valence electrons. The Morgan fingerprint density at radius 1 is 1.20 bits per heavy atom. The van der Waals surface area contributed by atoms with Crippen molar-refractivity contribution in [3.05, 3.63) is 53.1 Å². The molecule has 0 unspecified atom stereocenters. The van der Waals surface area contributed by atoms with Gasteiger partial charge in [0.25, 0.3) is 0 Å². The number of aliphatic imine (C=N–C) groups is 1. The van der Waals surface area contributed by atoms with Crippen molar-refractivity contribution >= 4 is 29.0 Å². The molecule has 0 radical (unpaired) electrons. The highest BCUT2D eigenvalue weighted by Gasteiger charge is 2.23. The molecule has 1 heterocycles. The SMILES string of the molecule is O=C1Oc2ccccc2CC1=Nc1cc(Cl)ccc1O. The predicted octanol–water partition coefficient (Wildman–Crippen LogP) is 3.28. The first-order valence-electron chi connectivity index (χ1n) is 5.99. The average molecular weight is 288 g/mol. The van der Waals surface area contributed by atoms with Crippen LogP contribution in [0.2, 0.25) is 5.02 Å². The molecule has 0 atom stereocenters. The summed E-state index contributed by atoms with van der Waals surface area (Å²) in [7, 11) is 0. The molecule has 0 spiro atoms. The minimum absolute atomic E-state index is 0.0337. The van der Waals surface area contributed by atoms with Crippen LogP contribution in [0.1, 0.15) is 5.56 Å². The van der Waals surface area contributed by atoms with Crippen LogP contribution in [0.4, 0.5) is 5.69 Å². The predicted molar refractivity (Wildman–Crippen MR) is 76.0 cm³/mol. The van der Waals surface area contributed by atoms with Gasteiger partial charge in [-0.15, -0.1) is 0 Å². The van der Waals surface area contributed by atoms with Gasteiger partial charge in [-0.1, -0.05) is 29.8 Å². The molecule has 0 saturated heterocycles.